The lowest BCUT2D eigenvalue weighted by molar-refractivity contribution is -0.137. The van der Waals surface area contributed by atoms with Crippen molar-refractivity contribution in [2.45, 2.75) is 19.4 Å². The molecular formula is C14H18BrFN2O2. The molecule has 20 heavy (non-hydrogen) atoms. The van der Waals surface area contributed by atoms with E-state index in [0.717, 1.165) is 26.1 Å². The highest BCUT2D eigenvalue weighted by Gasteiger charge is 2.23. The van der Waals surface area contributed by atoms with Crippen LogP contribution in [-0.4, -0.2) is 43.1 Å². The summed E-state index contributed by atoms with van der Waals surface area (Å²) in [5.41, 5.74) is 0. The molecule has 0 aliphatic carbocycles. The van der Waals surface area contributed by atoms with Crippen molar-refractivity contribution in [1.29, 1.82) is 0 Å². The highest BCUT2D eigenvalue weighted by atomic mass is 79.9. The molecule has 1 aliphatic rings. The van der Waals surface area contributed by atoms with Gasteiger partial charge in [0.15, 0.2) is 6.10 Å². The van der Waals surface area contributed by atoms with E-state index in [0.29, 0.717) is 16.8 Å². The zero-order valence-corrected chi connectivity index (χ0v) is 13.0. The Morgan fingerprint density at radius 1 is 1.45 bits per heavy atom. The number of nitrogens with one attached hydrogen (secondary N) is 1. The van der Waals surface area contributed by atoms with E-state index in [4.69, 9.17) is 4.74 Å². The van der Waals surface area contributed by atoms with Crippen molar-refractivity contribution in [2.24, 2.45) is 0 Å². The summed E-state index contributed by atoms with van der Waals surface area (Å²) in [6.45, 7) is 4.89. The van der Waals surface area contributed by atoms with Crippen LogP contribution in [0.5, 0.6) is 5.75 Å². The summed E-state index contributed by atoms with van der Waals surface area (Å²) in [7, 11) is 0. The summed E-state index contributed by atoms with van der Waals surface area (Å²) in [5, 5.41) is 3.25. The summed E-state index contributed by atoms with van der Waals surface area (Å²) in [4.78, 5) is 14.1. The van der Waals surface area contributed by atoms with E-state index >= 15 is 0 Å². The molecule has 0 radical (unpaired) electrons. The number of ether oxygens (including phenoxy) is 1. The molecule has 1 atom stereocenters. The van der Waals surface area contributed by atoms with Gasteiger partial charge >= 0.3 is 0 Å². The van der Waals surface area contributed by atoms with Crippen molar-refractivity contribution in [3.63, 3.8) is 0 Å². The van der Waals surface area contributed by atoms with Crippen LogP contribution in [0, 0.1) is 5.82 Å². The molecule has 1 aliphatic heterocycles. The molecular weight excluding hydrogens is 327 g/mol. The summed E-state index contributed by atoms with van der Waals surface area (Å²) in [5.74, 6) is 0.0897. The molecule has 4 nitrogen and oxygen atoms in total. The molecule has 2 rings (SSSR count). The van der Waals surface area contributed by atoms with Crippen molar-refractivity contribution < 1.29 is 13.9 Å². The molecule has 1 heterocycles. The summed E-state index contributed by atoms with van der Waals surface area (Å²) < 4.78 is 19.2. The van der Waals surface area contributed by atoms with E-state index in [9.17, 15) is 9.18 Å². The minimum atomic E-state index is -0.588. The van der Waals surface area contributed by atoms with Crippen molar-refractivity contribution in [1.82, 2.24) is 10.2 Å². The SMILES string of the molecule is C[C@@H](Oc1ccc(F)cc1Br)C(=O)N1CCCNCC1. The number of carbonyl (C=O) groups excluding carboxylic acids is 1. The van der Waals surface area contributed by atoms with Gasteiger partial charge in [-0.3, -0.25) is 4.79 Å². The van der Waals surface area contributed by atoms with E-state index in [1.54, 1.807) is 6.92 Å². The molecule has 0 unspecified atom stereocenters. The number of amides is 1. The Labute approximate surface area is 126 Å². The Kier molecular flexibility index (Phi) is 5.37. The molecule has 1 N–H and O–H groups in total. The maximum atomic E-state index is 13.0. The van der Waals surface area contributed by atoms with Crippen molar-refractivity contribution in [3.05, 3.63) is 28.5 Å². The first-order chi connectivity index (χ1) is 9.58. The second-order valence-corrected chi connectivity index (χ2v) is 5.62. The van der Waals surface area contributed by atoms with Gasteiger partial charge in [-0.2, -0.15) is 0 Å². The maximum Gasteiger partial charge on any atom is 0.263 e. The zero-order chi connectivity index (χ0) is 14.5. The Hall–Kier alpha value is -1.14. The number of rotatable bonds is 3. The second kappa shape index (κ2) is 7.04. The van der Waals surface area contributed by atoms with Crippen LogP contribution in [0.15, 0.2) is 22.7 Å². The van der Waals surface area contributed by atoms with Gasteiger partial charge in [0, 0.05) is 19.6 Å². The standard InChI is InChI=1S/C14H18BrFN2O2/c1-10(14(19)18-7-2-5-17-6-8-18)20-13-4-3-11(16)9-12(13)15/h3-4,9-10,17H,2,5-8H2,1H3/t10-/m1/s1. The van der Waals surface area contributed by atoms with E-state index < -0.39 is 6.10 Å². The monoisotopic (exact) mass is 344 g/mol. The first-order valence-corrected chi connectivity index (χ1v) is 7.48. The Morgan fingerprint density at radius 2 is 2.25 bits per heavy atom. The van der Waals surface area contributed by atoms with Gasteiger partial charge in [0.25, 0.3) is 5.91 Å². The average Bonchev–Trinajstić information content (AvgIpc) is 2.70. The normalized spacial score (nSPS) is 17.4. The van der Waals surface area contributed by atoms with E-state index in [2.05, 4.69) is 21.2 Å². The first-order valence-electron chi connectivity index (χ1n) is 6.69. The molecule has 0 bridgehead atoms. The van der Waals surface area contributed by atoms with Gasteiger partial charge in [0.2, 0.25) is 0 Å². The molecule has 1 saturated heterocycles. The minimum Gasteiger partial charge on any atom is -0.480 e. The number of halogens is 2. The first kappa shape index (κ1) is 15.3. The molecule has 1 aromatic rings. The average molecular weight is 345 g/mol. The lowest BCUT2D eigenvalue weighted by Gasteiger charge is -2.24. The third-order valence-corrected chi connectivity index (χ3v) is 3.82. The van der Waals surface area contributed by atoms with Gasteiger partial charge in [-0.15, -0.1) is 0 Å². The van der Waals surface area contributed by atoms with Gasteiger partial charge < -0.3 is 15.0 Å². The molecule has 0 saturated carbocycles. The lowest BCUT2D eigenvalue weighted by Crippen LogP contribution is -2.42. The van der Waals surface area contributed by atoms with Crippen LogP contribution in [0.25, 0.3) is 0 Å². The third-order valence-electron chi connectivity index (χ3n) is 3.20. The molecule has 0 spiro atoms. The van der Waals surface area contributed by atoms with Crippen LogP contribution in [0.3, 0.4) is 0 Å². The fourth-order valence-corrected chi connectivity index (χ4v) is 2.58. The fraction of sp³-hybridized carbons (Fsp3) is 0.500. The maximum absolute atomic E-state index is 13.0. The van der Waals surface area contributed by atoms with E-state index in [-0.39, 0.29) is 11.7 Å². The predicted molar refractivity (Wildman–Crippen MR) is 78.3 cm³/mol. The van der Waals surface area contributed by atoms with Gasteiger partial charge in [-0.1, -0.05) is 0 Å². The molecule has 1 aromatic carbocycles. The van der Waals surface area contributed by atoms with Gasteiger partial charge in [-0.25, -0.2) is 4.39 Å². The molecule has 110 valence electrons. The van der Waals surface area contributed by atoms with Crippen molar-refractivity contribution in [2.75, 3.05) is 26.2 Å². The summed E-state index contributed by atoms with van der Waals surface area (Å²) >= 11 is 3.23. The minimum absolute atomic E-state index is 0.0371. The van der Waals surface area contributed by atoms with Crippen LogP contribution >= 0.6 is 15.9 Å². The number of nitrogens with zero attached hydrogens (tertiary/aromatic N) is 1. The molecule has 6 heteroatoms. The summed E-state index contributed by atoms with van der Waals surface area (Å²) in [6.07, 6.45) is 0.355. The van der Waals surface area contributed by atoms with E-state index in [1.165, 1.54) is 18.2 Å². The van der Waals surface area contributed by atoms with Crippen LogP contribution in [0.4, 0.5) is 4.39 Å². The quantitative estimate of drug-likeness (QED) is 0.913. The third kappa shape index (κ3) is 3.93. The highest BCUT2D eigenvalue weighted by molar-refractivity contribution is 9.10. The number of carbonyl (C=O) groups is 1. The van der Waals surface area contributed by atoms with Crippen molar-refractivity contribution in [3.8, 4) is 5.75 Å². The Balaban J connectivity index is 1.99. The smallest absolute Gasteiger partial charge is 0.263 e. The Morgan fingerprint density at radius 3 is 3.00 bits per heavy atom. The van der Waals surface area contributed by atoms with Gasteiger partial charge in [-0.05, 0) is 54.0 Å². The second-order valence-electron chi connectivity index (χ2n) is 4.76. The lowest BCUT2D eigenvalue weighted by atomic mass is 10.3. The zero-order valence-electron chi connectivity index (χ0n) is 11.4. The highest BCUT2D eigenvalue weighted by Crippen LogP contribution is 2.26. The largest absolute Gasteiger partial charge is 0.480 e. The fourth-order valence-electron chi connectivity index (χ4n) is 2.13. The van der Waals surface area contributed by atoms with Crippen LogP contribution in [0.2, 0.25) is 0 Å². The van der Waals surface area contributed by atoms with Crippen molar-refractivity contribution >= 4 is 21.8 Å². The van der Waals surface area contributed by atoms with E-state index in [1.807, 2.05) is 4.90 Å². The topological polar surface area (TPSA) is 41.6 Å². The molecule has 1 amide bonds. The Bertz CT molecular complexity index is 476. The van der Waals surface area contributed by atoms with Crippen LogP contribution in [0.1, 0.15) is 13.3 Å². The number of benzene rings is 1. The van der Waals surface area contributed by atoms with Gasteiger partial charge in [0.05, 0.1) is 4.47 Å². The molecule has 1 fully saturated rings. The van der Waals surface area contributed by atoms with Crippen LogP contribution < -0.4 is 10.1 Å². The van der Waals surface area contributed by atoms with Gasteiger partial charge in [0.1, 0.15) is 11.6 Å². The predicted octanol–water partition coefficient (Wildman–Crippen LogP) is 2.18. The molecule has 0 aromatic heterocycles. The number of hydrogen-bond donors (Lipinski definition) is 1. The summed E-state index contributed by atoms with van der Waals surface area (Å²) in [6, 6.07) is 4.16. The van der Waals surface area contributed by atoms with Crippen LogP contribution in [-0.2, 0) is 4.79 Å². The number of hydrogen-bond acceptors (Lipinski definition) is 3.